The number of amidine groups is 1. The molecule has 0 aliphatic heterocycles. The minimum atomic E-state index is 0.0465. The average molecular weight is 492 g/mol. The van der Waals surface area contributed by atoms with Crippen LogP contribution in [0.4, 0.5) is 11.8 Å². The molecule has 0 saturated heterocycles. The van der Waals surface area contributed by atoms with Crippen LogP contribution in [0.25, 0.3) is 28.0 Å². The van der Waals surface area contributed by atoms with Crippen LogP contribution < -0.4 is 23.2 Å². The molecule has 13 nitrogen and oxygen atoms in total. The highest BCUT2D eigenvalue weighted by Gasteiger charge is 2.22. The monoisotopic (exact) mass is 491 g/mol. The van der Waals surface area contributed by atoms with E-state index in [0.717, 1.165) is 0 Å². The molecule has 0 bridgehead atoms. The summed E-state index contributed by atoms with van der Waals surface area (Å²) >= 11 is 0. The summed E-state index contributed by atoms with van der Waals surface area (Å²) in [6, 6.07) is 18.0. The van der Waals surface area contributed by atoms with Gasteiger partial charge in [0, 0.05) is 18.0 Å². The molecule has 5 rings (SSSR count). The first-order valence-corrected chi connectivity index (χ1v) is 11.0. The average Bonchev–Trinajstić information content (AvgIpc) is 3.33. The summed E-state index contributed by atoms with van der Waals surface area (Å²) in [5.74, 6) is 12.9. The van der Waals surface area contributed by atoms with Gasteiger partial charge in [-0.15, -0.1) is 5.10 Å². The molecule has 0 atom stereocenters. The van der Waals surface area contributed by atoms with Gasteiger partial charge in [0.15, 0.2) is 17.3 Å². The molecule has 13 heteroatoms. The van der Waals surface area contributed by atoms with Crippen molar-refractivity contribution in [2.75, 3.05) is 11.5 Å². The number of fused-ring (bicyclic) bond motifs is 1. The second kappa shape index (κ2) is 9.56. The van der Waals surface area contributed by atoms with Gasteiger partial charge >= 0.3 is 0 Å². The number of hydrogen-bond acceptors (Lipinski definition) is 11. The molecule has 0 amide bonds. The number of anilines is 2. The van der Waals surface area contributed by atoms with E-state index in [-0.39, 0.29) is 18.3 Å². The van der Waals surface area contributed by atoms with Gasteiger partial charge in [-0.3, -0.25) is 9.99 Å². The molecule has 37 heavy (non-hydrogen) atoms. The standard InChI is InChI=1S/C24H21N13/c25-12-14-4-3-5-16(10-14)21-20(15-7-9-31-18(26)11-15)23-32-19(35-37(23)24(27)33-21)13-36(29)22(34-28)17-6-1-2-8-30-17/h1-11H,13,28-29H2,(H2,26,31)(H2,27,33)/b34-22-. The number of nitrogens with zero attached hydrogens (tertiary/aromatic N) is 9. The fraction of sp³-hybridized carbons (Fsp3) is 0.0417. The molecule has 4 aromatic heterocycles. The first-order chi connectivity index (χ1) is 18.0. The third-order valence-corrected chi connectivity index (χ3v) is 5.49. The van der Waals surface area contributed by atoms with E-state index in [1.807, 2.05) is 6.07 Å². The largest absolute Gasteiger partial charge is 0.384 e. The van der Waals surface area contributed by atoms with Crippen LogP contribution in [-0.2, 0) is 6.54 Å². The first-order valence-electron chi connectivity index (χ1n) is 11.0. The second-order valence-electron chi connectivity index (χ2n) is 7.91. The van der Waals surface area contributed by atoms with Crippen LogP contribution in [-0.4, -0.2) is 40.4 Å². The number of hydrazine groups is 1. The number of nitriles is 1. The summed E-state index contributed by atoms with van der Waals surface area (Å²) in [6.07, 6.45) is 3.20. The molecule has 0 unspecified atom stereocenters. The molecule has 0 radical (unpaired) electrons. The summed E-state index contributed by atoms with van der Waals surface area (Å²) in [6.45, 7) is 0.0465. The predicted octanol–water partition coefficient (Wildman–Crippen LogP) is 1.28. The molecule has 1 aromatic carbocycles. The van der Waals surface area contributed by atoms with Gasteiger partial charge in [0.2, 0.25) is 5.95 Å². The van der Waals surface area contributed by atoms with Crippen molar-refractivity contribution in [1.29, 1.82) is 5.26 Å². The maximum Gasteiger partial charge on any atom is 0.223 e. The molecule has 8 N–H and O–H groups in total. The van der Waals surface area contributed by atoms with E-state index >= 15 is 0 Å². The number of nitrogens with two attached hydrogens (primary N) is 4. The van der Waals surface area contributed by atoms with Crippen molar-refractivity contribution in [1.82, 2.24) is 34.6 Å². The van der Waals surface area contributed by atoms with Crippen LogP contribution >= 0.6 is 0 Å². The van der Waals surface area contributed by atoms with Crippen LogP contribution in [0.3, 0.4) is 0 Å². The number of rotatable bonds is 5. The lowest BCUT2D eigenvalue weighted by Crippen LogP contribution is -2.39. The van der Waals surface area contributed by atoms with Crippen molar-refractivity contribution < 1.29 is 0 Å². The zero-order chi connectivity index (χ0) is 25.9. The van der Waals surface area contributed by atoms with Gasteiger partial charge in [-0.05, 0) is 42.0 Å². The summed E-state index contributed by atoms with van der Waals surface area (Å²) in [7, 11) is 0. The lowest BCUT2D eigenvalue weighted by Gasteiger charge is -2.17. The van der Waals surface area contributed by atoms with E-state index in [1.54, 1.807) is 60.9 Å². The van der Waals surface area contributed by atoms with Gasteiger partial charge in [0.05, 0.1) is 29.4 Å². The van der Waals surface area contributed by atoms with E-state index < -0.39 is 0 Å². The van der Waals surface area contributed by atoms with Crippen LogP contribution in [0.15, 0.2) is 72.1 Å². The number of nitrogen functional groups attached to an aromatic ring is 2. The number of hydrogen-bond donors (Lipinski definition) is 4. The number of hydrazone groups is 1. The Hall–Kier alpha value is -5.61. The third-order valence-electron chi connectivity index (χ3n) is 5.49. The third kappa shape index (κ3) is 4.43. The van der Waals surface area contributed by atoms with Gasteiger partial charge in [0.25, 0.3) is 0 Å². The van der Waals surface area contributed by atoms with E-state index in [1.165, 1.54) is 9.52 Å². The Morgan fingerprint density at radius 1 is 1.00 bits per heavy atom. The van der Waals surface area contributed by atoms with E-state index in [9.17, 15) is 5.26 Å². The van der Waals surface area contributed by atoms with Gasteiger partial charge in [-0.2, -0.15) is 14.9 Å². The summed E-state index contributed by atoms with van der Waals surface area (Å²) in [5.41, 5.74) is 16.2. The Balaban J connectivity index is 1.66. The summed E-state index contributed by atoms with van der Waals surface area (Å²) < 4.78 is 1.42. The minimum absolute atomic E-state index is 0.0465. The summed E-state index contributed by atoms with van der Waals surface area (Å²) in [4.78, 5) is 17.7. The lowest BCUT2D eigenvalue weighted by atomic mass is 9.99. The van der Waals surface area contributed by atoms with Crippen LogP contribution in [0.5, 0.6) is 0 Å². The molecule has 182 valence electrons. The van der Waals surface area contributed by atoms with Gasteiger partial charge in [-0.25, -0.2) is 20.8 Å². The Morgan fingerprint density at radius 3 is 2.59 bits per heavy atom. The zero-order valence-electron chi connectivity index (χ0n) is 19.4. The van der Waals surface area contributed by atoms with Crippen LogP contribution in [0.1, 0.15) is 17.1 Å². The van der Waals surface area contributed by atoms with Crippen molar-refractivity contribution in [3.63, 3.8) is 0 Å². The topological polar surface area (TPSA) is 212 Å². The maximum atomic E-state index is 9.41. The molecule has 0 fully saturated rings. The van der Waals surface area contributed by atoms with Crippen molar-refractivity contribution in [3.05, 3.63) is 84.1 Å². The smallest absolute Gasteiger partial charge is 0.223 e. The van der Waals surface area contributed by atoms with Crippen molar-refractivity contribution in [2.24, 2.45) is 16.8 Å². The quantitative estimate of drug-likeness (QED) is 0.119. The summed E-state index contributed by atoms with van der Waals surface area (Å²) in [5, 5.41) is 19.0. The Kier molecular flexibility index (Phi) is 5.98. The minimum Gasteiger partial charge on any atom is -0.384 e. The predicted molar refractivity (Wildman–Crippen MR) is 138 cm³/mol. The highest BCUT2D eigenvalue weighted by Crippen LogP contribution is 2.35. The molecule has 4 heterocycles. The van der Waals surface area contributed by atoms with Crippen molar-refractivity contribution in [3.8, 4) is 28.5 Å². The molecule has 5 aromatic rings. The second-order valence-corrected chi connectivity index (χ2v) is 7.91. The molecule has 0 aliphatic rings. The van der Waals surface area contributed by atoms with Gasteiger partial charge in [0.1, 0.15) is 11.5 Å². The SMILES string of the molecule is N#Cc1cccc(-c2nc(N)n3nc(CN(N)/C(=N\N)c4ccccn4)nc3c2-c2ccnc(N)c2)c1. The van der Waals surface area contributed by atoms with Crippen LogP contribution in [0, 0.1) is 11.3 Å². The van der Waals surface area contributed by atoms with Gasteiger partial charge in [-0.1, -0.05) is 18.2 Å². The molecular formula is C24H21N13. The first kappa shape index (κ1) is 23.1. The number of pyridine rings is 2. The maximum absolute atomic E-state index is 9.41. The normalized spacial score (nSPS) is 11.4. The van der Waals surface area contributed by atoms with Crippen molar-refractivity contribution in [2.45, 2.75) is 6.54 Å². The molecule has 0 spiro atoms. The van der Waals surface area contributed by atoms with Gasteiger partial charge < -0.3 is 17.3 Å². The number of benzene rings is 1. The Bertz CT molecular complexity index is 1670. The molecule has 0 aliphatic carbocycles. The highest BCUT2D eigenvalue weighted by atomic mass is 15.5. The fourth-order valence-corrected chi connectivity index (χ4v) is 3.89. The molecular weight excluding hydrogens is 470 g/mol. The van der Waals surface area contributed by atoms with Crippen LogP contribution in [0.2, 0.25) is 0 Å². The highest BCUT2D eigenvalue weighted by molar-refractivity contribution is 5.96. The van der Waals surface area contributed by atoms with E-state index in [4.69, 9.17) is 28.1 Å². The number of aromatic nitrogens is 6. The van der Waals surface area contributed by atoms with E-state index in [2.05, 4.69) is 31.2 Å². The lowest BCUT2D eigenvalue weighted by molar-refractivity contribution is 0.419. The fourth-order valence-electron chi connectivity index (χ4n) is 3.89. The molecule has 0 saturated carbocycles. The zero-order valence-corrected chi connectivity index (χ0v) is 19.4. The Morgan fingerprint density at radius 2 is 1.86 bits per heavy atom. The van der Waals surface area contributed by atoms with E-state index in [0.29, 0.717) is 50.9 Å². The Labute approximate surface area is 210 Å². The van der Waals surface area contributed by atoms with Crippen molar-refractivity contribution >= 4 is 23.2 Å².